The van der Waals surface area contributed by atoms with Crippen molar-refractivity contribution >= 4 is 35.0 Å². The molecule has 0 spiro atoms. The third-order valence-electron chi connectivity index (χ3n) is 2.85. The molecular weight excluding hydrogens is 317 g/mol. The van der Waals surface area contributed by atoms with Gasteiger partial charge < -0.3 is 9.63 Å². The lowest BCUT2D eigenvalue weighted by atomic mass is 10.1. The van der Waals surface area contributed by atoms with E-state index in [1.165, 1.54) is 11.8 Å². The molecule has 0 amide bonds. The normalized spacial score (nSPS) is 11.3. The van der Waals surface area contributed by atoms with Crippen LogP contribution in [0.5, 0.6) is 0 Å². The molecule has 0 atom stereocenters. The van der Waals surface area contributed by atoms with Crippen molar-refractivity contribution in [2.24, 2.45) is 0 Å². The van der Waals surface area contributed by atoms with Crippen LogP contribution in [0.2, 0.25) is 10.0 Å². The number of aliphatic hydroxyl groups is 1. The molecule has 0 aliphatic rings. The van der Waals surface area contributed by atoms with Crippen LogP contribution in [0.25, 0.3) is 0 Å². The first-order valence-electron chi connectivity index (χ1n) is 6.19. The fraction of sp³-hybridized carbons (Fsp3) is 0.357. The molecule has 0 radical (unpaired) electrons. The van der Waals surface area contributed by atoms with Gasteiger partial charge >= 0.3 is 0 Å². The topological polar surface area (TPSA) is 46.3 Å². The average Bonchev–Trinajstić information content (AvgIpc) is 2.81. The van der Waals surface area contributed by atoms with E-state index in [0.29, 0.717) is 15.8 Å². The average molecular weight is 332 g/mol. The van der Waals surface area contributed by atoms with E-state index in [2.05, 4.69) is 5.16 Å². The lowest BCUT2D eigenvalue weighted by molar-refractivity contribution is 0.275. The quantitative estimate of drug-likeness (QED) is 0.792. The van der Waals surface area contributed by atoms with Crippen molar-refractivity contribution in [3.05, 3.63) is 45.3 Å². The number of rotatable bonds is 5. The van der Waals surface area contributed by atoms with Crippen LogP contribution in [0.15, 0.2) is 27.6 Å². The lowest BCUT2D eigenvalue weighted by Gasteiger charge is -2.06. The lowest BCUT2D eigenvalue weighted by Crippen LogP contribution is -1.95. The molecule has 0 saturated heterocycles. The van der Waals surface area contributed by atoms with Crippen LogP contribution in [0.4, 0.5) is 0 Å². The van der Waals surface area contributed by atoms with Crippen molar-refractivity contribution in [2.75, 3.05) is 0 Å². The summed E-state index contributed by atoms with van der Waals surface area (Å²) in [5.41, 5.74) is 1.49. The van der Waals surface area contributed by atoms with Crippen LogP contribution in [0.3, 0.4) is 0 Å². The van der Waals surface area contributed by atoms with Gasteiger partial charge in [0.25, 0.3) is 0 Å². The van der Waals surface area contributed by atoms with Crippen molar-refractivity contribution in [3.63, 3.8) is 0 Å². The highest BCUT2D eigenvalue weighted by Crippen LogP contribution is 2.36. The number of nitrogens with zero attached hydrogens (tertiary/aromatic N) is 1. The van der Waals surface area contributed by atoms with Crippen LogP contribution in [0.1, 0.15) is 36.8 Å². The Hall–Kier alpha value is -0.680. The Morgan fingerprint density at radius 3 is 2.50 bits per heavy atom. The second kappa shape index (κ2) is 6.85. The summed E-state index contributed by atoms with van der Waals surface area (Å²) in [4.78, 5) is 0.814. The summed E-state index contributed by atoms with van der Waals surface area (Å²) in [6, 6.07) is 5.40. The summed E-state index contributed by atoms with van der Waals surface area (Å²) in [6.45, 7) is 3.92. The molecular formula is C14H15Cl2NO2S. The maximum atomic E-state index is 9.48. The van der Waals surface area contributed by atoms with Gasteiger partial charge in [0.05, 0.1) is 22.3 Å². The molecule has 0 fully saturated rings. The van der Waals surface area contributed by atoms with Crippen LogP contribution in [0, 0.1) is 0 Å². The molecule has 20 heavy (non-hydrogen) atoms. The number of halogens is 2. The smallest absolute Gasteiger partial charge is 0.145 e. The van der Waals surface area contributed by atoms with Gasteiger partial charge in [-0.15, -0.1) is 11.8 Å². The second-order valence-electron chi connectivity index (χ2n) is 4.62. The summed E-state index contributed by atoms with van der Waals surface area (Å²) in [5, 5.41) is 14.7. The molecule has 1 aromatic carbocycles. The van der Waals surface area contributed by atoms with Gasteiger partial charge in [0.15, 0.2) is 0 Å². The highest BCUT2D eigenvalue weighted by atomic mass is 35.5. The molecule has 1 aromatic heterocycles. The molecule has 3 nitrogen and oxygen atoms in total. The Balaban J connectivity index is 2.19. The Kier molecular flexibility index (Phi) is 5.38. The van der Waals surface area contributed by atoms with E-state index in [1.54, 1.807) is 18.2 Å². The fourth-order valence-electron chi connectivity index (χ4n) is 1.85. The first kappa shape index (κ1) is 15.7. The first-order chi connectivity index (χ1) is 9.54. The van der Waals surface area contributed by atoms with Gasteiger partial charge in [0.2, 0.25) is 0 Å². The third kappa shape index (κ3) is 3.31. The molecule has 0 unspecified atom stereocenters. The van der Waals surface area contributed by atoms with E-state index in [-0.39, 0.29) is 12.5 Å². The number of hydrogen-bond acceptors (Lipinski definition) is 4. The third-order valence-corrected chi connectivity index (χ3v) is 4.85. The predicted octanol–water partition coefficient (Wildman–Crippen LogP) is 4.89. The van der Waals surface area contributed by atoms with E-state index in [9.17, 15) is 5.11 Å². The van der Waals surface area contributed by atoms with E-state index >= 15 is 0 Å². The summed E-state index contributed by atoms with van der Waals surface area (Å²) < 4.78 is 5.31. The first-order valence-corrected chi connectivity index (χ1v) is 7.93. The van der Waals surface area contributed by atoms with Gasteiger partial charge in [-0.3, -0.25) is 0 Å². The summed E-state index contributed by atoms with van der Waals surface area (Å²) in [6.07, 6.45) is 0. The Morgan fingerprint density at radius 1 is 1.30 bits per heavy atom. The zero-order valence-electron chi connectivity index (χ0n) is 11.2. The molecule has 1 heterocycles. The van der Waals surface area contributed by atoms with Crippen molar-refractivity contribution in [1.82, 2.24) is 5.16 Å². The standard InChI is InChI=1S/C14H15Cl2NO2S/c1-8(2)13-9(6-18)12(17-19-13)7-20-14-10(15)4-3-5-11(14)16/h3-5,8,18H,6-7H2,1-2H3. The maximum Gasteiger partial charge on any atom is 0.145 e. The van der Waals surface area contributed by atoms with Gasteiger partial charge in [-0.1, -0.05) is 48.3 Å². The zero-order valence-corrected chi connectivity index (χ0v) is 13.5. The minimum absolute atomic E-state index is 0.0802. The summed E-state index contributed by atoms with van der Waals surface area (Å²) >= 11 is 13.7. The van der Waals surface area contributed by atoms with E-state index < -0.39 is 0 Å². The molecule has 0 aliphatic heterocycles. The van der Waals surface area contributed by atoms with Gasteiger partial charge in [0, 0.05) is 22.1 Å². The van der Waals surface area contributed by atoms with Gasteiger partial charge in [-0.05, 0) is 12.1 Å². The minimum Gasteiger partial charge on any atom is -0.391 e. The Labute approximate surface area is 132 Å². The molecule has 0 saturated carbocycles. The van der Waals surface area contributed by atoms with E-state index in [1.807, 2.05) is 13.8 Å². The second-order valence-corrected chi connectivity index (χ2v) is 6.42. The van der Waals surface area contributed by atoms with Crippen molar-refractivity contribution in [2.45, 2.75) is 37.0 Å². The van der Waals surface area contributed by atoms with Crippen LogP contribution in [-0.4, -0.2) is 10.3 Å². The minimum atomic E-state index is -0.0802. The van der Waals surface area contributed by atoms with Crippen LogP contribution in [-0.2, 0) is 12.4 Å². The van der Waals surface area contributed by atoms with Crippen LogP contribution < -0.4 is 0 Å². The van der Waals surface area contributed by atoms with Crippen LogP contribution >= 0.6 is 35.0 Å². The molecule has 2 rings (SSSR count). The Morgan fingerprint density at radius 2 is 1.95 bits per heavy atom. The summed E-state index contributed by atoms with van der Waals surface area (Å²) in [5.74, 6) is 1.47. The fourth-order valence-corrected chi connectivity index (χ4v) is 3.50. The molecule has 108 valence electrons. The molecule has 6 heteroatoms. The Bertz CT molecular complexity index is 579. The highest BCUT2D eigenvalue weighted by molar-refractivity contribution is 7.98. The van der Waals surface area contributed by atoms with Crippen molar-refractivity contribution < 1.29 is 9.63 Å². The number of benzene rings is 1. The monoisotopic (exact) mass is 331 g/mol. The van der Waals surface area contributed by atoms with Gasteiger partial charge in [0.1, 0.15) is 5.76 Å². The number of hydrogen-bond donors (Lipinski definition) is 1. The predicted molar refractivity (Wildman–Crippen MR) is 82.5 cm³/mol. The molecule has 0 bridgehead atoms. The number of thioether (sulfide) groups is 1. The van der Waals surface area contributed by atoms with E-state index in [0.717, 1.165) is 21.9 Å². The molecule has 0 aliphatic carbocycles. The van der Waals surface area contributed by atoms with Crippen molar-refractivity contribution in [3.8, 4) is 0 Å². The highest BCUT2D eigenvalue weighted by Gasteiger charge is 2.18. The van der Waals surface area contributed by atoms with E-state index in [4.69, 9.17) is 27.7 Å². The SMILES string of the molecule is CC(C)c1onc(CSc2c(Cl)cccc2Cl)c1CO. The number of aromatic nitrogens is 1. The van der Waals surface area contributed by atoms with Crippen molar-refractivity contribution in [1.29, 1.82) is 0 Å². The summed E-state index contributed by atoms with van der Waals surface area (Å²) in [7, 11) is 0. The largest absolute Gasteiger partial charge is 0.391 e. The molecule has 1 N–H and O–H groups in total. The zero-order chi connectivity index (χ0) is 14.7. The van der Waals surface area contributed by atoms with Gasteiger partial charge in [-0.25, -0.2) is 0 Å². The molecule has 2 aromatic rings. The van der Waals surface area contributed by atoms with Gasteiger partial charge in [-0.2, -0.15) is 0 Å². The maximum absolute atomic E-state index is 9.48. The number of aliphatic hydroxyl groups excluding tert-OH is 1.